The molecule has 2 aliphatic heterocycles. The first kappa shape index (κ1) is 14.7. The largest absolute Gasteiger partial charge is 0.439 e. The molecule has 2 N–H and O–H groups in total. The summed E-state index contributed by atoms with van der Waals surface area (Å²) in [6.45, 7) is 1.49. The van der Waals surface area contributed by atoms with E-state index >= 15 is 0 Å². The van der Waals surface area contributed by atoms with E-state index in [1.807, 2.05) is 30.3 Å². The Balaban J connectivity index is 1.59. The predicted molar refractivity (Wildman–Crippen MR) is 86.4 cm³/mol. The number of ether oxygens (including phenoxy) is 1. The van der Waals surface area contributed by atoms with E-state index in [0.29, 0.717) is 31.0 Å². The highest BCUT2D eigenvalue weighted by atomic mass is 16.6. The Hall–Kier alpha value is -2.83. The van der Waals surface area contributed by atoms with E-state index in [-0.39, 0.29) is 5.91 Å². The van der Waals surface area contributed by atoms with Crippen molar-refractivity contribution in [1.82, 2.24) is 20.2 Å². The highest BCUT2D eigenvalue weighted by Gasteiger charge is 2.45. The van der Waals surface area contributed by atoms with Crippen molar-refractivity contribution in [2.75, 3.05) is 19.6 Å². The molecule has 2 amide bonds. The van der Waals surface area contributed by atoms with Crippen molar-refractivity contribution in [2.45, 2.75) is 18.4 Å². The van der Waals surface area contributed by atoms with Crippen LogP contribution in [0.1, 0.15) is 23.3 Å². The van der Waals surface area contributed by atoms with Crippen LogP contribution in [-0.4, -0.2) is 52.1 Å². The second kappa shape index (κ2) is 5.67. The lowest BCUT2D eigenvalue weighted by Gasteiger charge is -2.38. The fourth-order valence-electron chi connectivity index (χ4n) is 3.43. The molecule has 7 heteroatoms. The summed E-state index contributed by atoms with van der Waals surface area (Å²) in [6.07, 6.45) is 2.70. The number of amides is 2. The van der Waals surface area contributed by atoms with E-state index in [9.17, 15) is 9.59 Å². The number of piperidine rings is 1. The third-order valence-electron chi connectivity index (χ3n) is 4.59. The van der Waals surface area contributed by atoms with Gasteiger partial charge in [-0.25, -0.2) is 9.78 Å². The van der Waals surface area contributed by atoms with E-state index in [2.05, 4.69) is 15.3 Å². The number of carbonyl (C=O) groups is 2. The van der Waals surface area contributed by atoms with Crippen LogP contribution in [0.15, 0.2) is 36.7 Å². The normalized spacial score (nSPS) is 23.2. The molecule has 2 saturated heterocycles. The zero-order chi connectivity index (χ0) is 16.6. The minimum Gasteiger partial charge on any atom is -0.439 e. The van der Waals surface area contributed by atoms with Crippen LogP contribution in [0.5, 0.6) is 0 Å². The summed E-state index contributed by atoms with van der Waals surface area (Å²) in [5.74, 6) is -0.117. The Labute approximate surface area is 139 Å². The lowest BCUT2D eigenvalue weighted by atomic mass is 9.92. The van der Waals surface area contributed by atoms with Crippen LogP contribution < -0.4 is 5.32 Å². The first-order chi connectivity index (χ1) is 11.7. The van der Waals surface area contributed by atoms with Crippen molar-refractivity contribution >= 4 is 12.0 Å². The fourth-order valence-corrected chi connectivity index (χ4v) is 3.43. The summed E-state index contributed by atoms with van der Waals surface area (Å²) < 4.78 is 5.43. The van der Waals surface area contributed by atoms with Crippen LogP contribution in [0, 0.1) is 0 Å². The van der Waals surface area contributed by atoms with Gasteiger partial charge in [-0.05, 0) is 12.8 Å². The molecule has 0 saturated carbocycles. The molecule has 2 aromatic rings. The number of aromatic amines is 1. The molecule has 1 unspecified atom stereocenters. The number of aromatic nitrogens is 2. The lowest BCUT2D eigenvalue weighted by Crippen LogP contribution is -2.52. The van der Waals surface area contributed by atoms with E-state index in [0.717, 1.165) is 18.4 Å². The van der Waals surface area contributed by atoms with Crippen molar-refractivity contribution in [2.24, 2.45) is 0 Å². The van der Waals surface area contributed by atoms with Crippen LogP contribution in [-0.2, 0) is 4.74 Å². The molecule has 1 aromatic heterocycles. The van der Waals surface area contributed by atoms with Crippen LogP contribution in [0.3, 0.4) is 0 Å². The van der Waals surface area contributed by atoms with Crippen molar-refractivity contribution in [3.8, 4) is 11.3 Å². The Bertz CT molecular complexity index is 773. The van der Waals surface area contributed by atoms with Gasteiger partial charge in [-0.15, -0.1) is 0 Å². The molecule has 1 atom stereocenters. The average molecular weight is 326 g/mol. The molecule has 0 aliphatic carbocycles. The first-order valence-electron chi connectivity index (χ1n) is 8.02. The van der Waals surface area contributed by atoms with Crippen LogP contribution in [0.2, 0.25) is 0 Å². The van der Waals surface area contributed by atoms with Crippen molar-refractivity contribution < 1.29 is 14.3 Å². The average Bonchev–Trinajstić information content (AvgIpc) is 3.22. The van der Waals surface area contributed by atoms with Crippen molar-refractivity contribution in [3.63, 3.8) is 0 Å². The third kappa shape index (κ3) is 2.51. The summed E-state index contributed by atoms with van der Waals surface area (Å²) in [7, 11) is 0. The first-order valence-corrected chi connectivity index (χ1v) is 8.02. The van der Waals surface area contributed by atoms with Crippen LogP contribution in [0.4, 0.5) is 4.79 Å². The summed E-state index contributed by atoms with van der Waals surface area (Å²) >= 11 is 0. The molecule has 124 valence electrons. The van der Waals surface area contributed by atoms with E-state index in [1.165, 1.54) is 6.33 Å². The molecule has 0 bridgehead atoms. The van der Waals surface area contributed by atoms with Gasteiger partial charge in [0.1, 0.15) is 17.0 Å². The number of imidazole rings is 1. The van der Waals surface area contributed by atoms with Gasteiger partial charge in [0.15, 0.2) is 0 Å². The number of rotatable bonds is 2. The summed E-state index contributed by atoms with van der Waals surface area (Å²) in [5, 5.41) is 2.69. The third-order valence-corrected chi connectivity index (χ3v) is 4.59. The van der Waals surface area contributed by atoms with Gasteiger partial charge < -0.3 is 19.9 Å². The topological polar surface area (TPSA) is 87.3 Å². The highest BCUT2D eigenvalue weighted by molar-refractivity contribution is 5.98. The number of likely N-dealkylation sites (tertiary alicyclic amines) is 1. The molecular formula is C17H18N4O3. The quantitative estimate of drug-likeness (QED) is 0.881. The Kier molecular flexibility index (Phi) is 3.48. The molecule has 1 spiro atoms. The van der Waals surface area contributed by atoms with E-state index in [1.54, 1.807) is 4.90 Å². The number of hydrogen-bond donors (Lipinski definition) is 2. The maximum Gasteiger partial charge on any atom is 0.407 e. The van der Waals surface area contributed by atoms with Gasteiger partial charge in [-0.1, -0.05) is 30.3 Å². The molecule has 0 radical (unpaired) electrons. The van der Waals surface area contributed by atoms with Gasteiger partial charge in [0.05, 0.1) is 19.4 Å². The summed E-state index contributed by atoms with van der Waals surface area (Å²) in [6, 6.07) is 9.60. The SMILES string of the molecule is O=C1NCC2(CCCN(C(=O)c3[nH]cnc3-c3ccccc3)C2)O1. The number of H-pyrrole nitrogens is 1. The van der Waals surface area contributed by atoms with Gasteiger partial charge in [0.2, 0.25) is 0 Å². The van der Waals surface area contributed by atoms with Gasteiger partial charge >= 0.3 is 6.09 Å². The lowest BCUT2D eigenvalue weighted by molar-refractivity contribution is -0.00519. The molecular weight excluding hydrogens is 308 g/mol. The summed E-state index contributed by atoms with van der Waals surface area (Å²) in [5.41, 5.74) is 1.40. The standard InChI is InChI=1S/C17H18N4O3/c22-15(14-13(19-11-20-14)12-5-2-1-3-6-12)21-8-4-7-17(10-21)9-18-16(23)24-17/h1-3,5-6,11H,4,7-10H2,(H,18,23)(H,19,20). The zero-order valence-electron chi connectivity index (χ0n) is 13.1. The van der Waals surface area contributed by atoms with E-state index < -0.39 is 11.7 Å². The molecule has 1 aromatic carbocycles. The Morgan fingerprint density at radius 1 is 1.29 bits per heavy atom. The van der Waals surface area contributed by atoms with Crippen molar-refractivity contribution in [1.29, 1.82) is 0 Å². The second-order valence-electron chi connectivity index (χ2n) is 6.25. The van der Waals surface area contributed by atoms with Gasteiger partial charge in [-0.3, -0.25) is 4.79 Å². The van der Waals surface area contributed by atoms with Crippen molar-refractivity contribution in [3.05, 3.63) is 42.4 Å². The number of nitrogens with zero attached hydrogens (tertiary/aromatic N) is 2. The van der Waals surface area contributed by atoms with Gasteiger partial charge in [0.25, 0.3) is 5.91 Å². The maximum absolute atomic E-state index is 13.0. The minimum atomic E-state index is -0.599. The molecule has 7 nitrogen and oxygen atoms in total. The molecule has 2 fully saturated rings. The maximum atomic E-state index is 13.0. The van der Waals surface area contributed by atoms with Gasteiger partial charge in [0, 0.05) is 12.1 Å². The number of carbonyl (C=O) groups excluding carboxylic acids is 2. The molecule has 2 aliphatic rings. The Morgan fingerprint density at radius 3 is 2.88 bits per heavy atom. The van der Waals surface area contributed by atoms with Gasteiger partial charge in [-0.2, -0.15) is 0 Å². The van der Waals surface area contributed by atoms with Crippen LogP contribution in [0.25, 0.3) is 11.3 Å². The minimum absolute atomic E-state index is 0.117. The number of alkyl carbamates (subject to hydrolysis) is 1. The molecule has 3 heterocycles. The summed E-state index contributed by atoms with van der Waals surface area (Å²) in [4.78, 5) is 33.4. The Morgan fingerprint density at radius 2 is 2.12 bits per heavy atom. The number of nitrogens with one attached hydrogen (secondary N) is 2. The highest BCUT2D eigenvalue weighted by Crippen LogP contribution is 2.30. The fraction of sp³-hybridized carbons (Fsp3) is 0.353. The molecule has 4 rings (SSSR count). The van der Waals surface area contributed by atoms with E-state index in [4.69, 9.17) is 4.74 Å². The second-order valence-corrected chi connectivity index (χ2v) is 6.25. The zero-order valence-corrected chi connectivity index (χ0v) is 13.1. The monoisotopic (exact) mass is 326 g/mol. The molecule has 24 heavy (non-hydrogen) atoms. The number of benzene rings is 1. The smallest absolute Gasteiger partial charge is 0.407 e. The van der Waals surface area contributed by atoms with Crippen LogP contribution >= 0.6 is 0 Å². The predicted octanol–water partition coefficient (Wildman–Crippen LogP) is 1.79. The number of hydrogen-bond acceptors (Lipinski definition) is 4.